The molecule has 6 aliphatic carbocycles. The van der Waals surface area contributed by atoms with Crippen LogP contribution in [0.25, 0.3) is 0 Å². The fourth-order valence-electron chi connectivity index (χ4n) is 14.3. The Kier molecular flexibility index (Phi) is 9.04. The molecule has 5 fully saturated rings. The van der Waals surface area contributed by atoms with E-state index in [1.54, 1.807) is 0 Å². The second-order valence-electron chi connectivity index (χ2n) is 19.3. The van der Waals surface area contributed by atoms with E-state index >= 15 is 0 Å². The number of fused-ring (bicyclic) bond motifs is 7. The number of carbonyl (C=O) groups is 1. The maximum atomic E-state index is 12.0. The lowest BCUT2D eigenvalue weighted by molar-refractivity contribution is -0.221. The fraction of sp³-hybridized carbons (Fsp3) is 0.833. The largest absolute Gasteiger partial charge is 0.481 e. The Labute approximate surface area is 297 Å². The van der Waals surface area contributed by atoms with Crippen LogP contribution >= 0.6 is 0 Å². The molecular formula is C42H66N2O4S. The minimum atomic E-state index is -2.86. The van der Waals surface area contributed by atoms with E-state index in [-0.39, 0.29) is 22.3 Å². The van der Waals surface area contributed by atoms with Crippen LogP contribution in [-0.4, -0.2) is 67.6 Å². The summed E-state index contributed by atoms with van der Waals surface area (Å²) in [5, 5.41) is 13.8. The molecule has 0 aromatic heterocycles. The third-order valence-electron chi connectivity index (χ3n) is 17.1. The van der Waals surface area contributed by atoms with Crippen molar-refractivity contribution >= 4 is 15.8 Å². The first-order valence-corrected chi connectivity index (χ1v) is 21.8. The van der Waals surface area contributed by atoms with Crippen LogP contribution in [0.15, 0.2) is 35.5 Å². The topological polar surface area (TPSA) is 86.7 Å². The summed E-state index contributed by atoms with van der Waals surface area (Å²) in [4.78, 5) is 14.0. The van der Waals surface area contributed by atoms with Crippen LogP contribution in [0.4, 0.5) is 0 Å². The van der Waals surface area contributed by atoms with Gasteiger partial charge in [-0.15, -0.1) is 0 Å². The molecule has 6 nitrogen and oxygen atoms in total. The minimum absolute atomic E-state index is 0.0919. The fourth-order valence-corrected chi connectivity index (χ4v) is 15.6. The van der Waals surface area contributed by atoms with Gasteiger partial charge in [-0.05, 0) is 146 Å². The van der Waals surface area contributed by atoms with Gasteiger partial charge in [-0.25, -0.2) is 8.42 Å². The monoisotopic (exact) mass is 694 g/mol. The molecule has 0 amide bonds. The molecule has 0 unspecified atom stereocenters. The number of carboxylic acids is 1. The molecule has 1 heterocycles. The van der Waals surface area contributed by atoms with E-state index in [1.165, 1.54) is 68.1 Å². The molecule has 7 rings (SSSR count). The second kappa shape index (κ2) is 12.3. The van der Waals surface area contributed by atoms with Crippen LogP contribution in [-0.2, 0) is 14.6 Å². The first-order chi connectivity index (χ1) is 23.0. The van der Waals surface area contributed by atoms with Crippen molar-refractivity contribution in [3.63, 3.8) is 0 Å². The lowest BCUT2D eigenvalue weighted by Gasteiger charge is -2.72. The maximum Gasteiger partial charge on any atom is 0.306 e. The third-order valence-corrected chi connectivity index (χ3v) is 18.7. The number of nitrogens with zero attached hydrogens (tertiary/aromatic N) is 1. The molecule has 7 aliphatic rings. The van der Waals surface area contributed by atoms with Gasteiger partial charge in [0.25, 0.3) is 0 Å². The highest BCUT2D eigenvalue weighted by Crippen LogP contribution is 2.76. The number of nitrogens with one attached hydrogen (secondary N) is 1. The Bertz CT molecular complexity index is 1520. The van der Waals surface area contributed by atoms with Gasteiger partial charge in [0.1, 0.15) is 0 Å². The summed E-state index contributed by atoms with van der Waals surface area (Å²) in [6, 6.07) is 0. The zero-order valence-electron chi connectivity index (χ0n) is 31.6. The van der Waals surface area contributed by atoms with Crippen LogP contribution in [0.3, 0.4) is 0 Å². The number of hydrogen-bond acceptors (Lipinski definition) is 5. The van der Waals surface area contributed by atoms with E-state index in [9.17, 15) is 18.3 Å². The summed E-state index contributed by atoms with van der Waals surface area (Å²) in [6.07, 6.45) is 18.6. The smallest absolute Gasteiger partial charge is 0.306 e. The minimum Gasteiger partial charge on any atom is -0.481 e. The van der Waals surface area contributed by atoms with Gasteiger partial charge in [0.05, 0.1) is 17.4 Å². The van der Waals surface area contributed by atoms with Gasteiger partial charge in [-0.3, -0.25) is 4.79 Å². The highest BCUT2D eigenvalue weighted by molar-refractivity contribution is 7.91. The summed E-state index contributed by atoms with van der Waals surface area (Å²) >= 11 is 0. The van der Waals surface area contributed by atoms with Crippen LogP contribution < -0.4 is 5.32 Å². The number of allylic oxidation sites excluding steroid dienone is 5. The van der Waals surface area contributed by atoms with E-state index < -0.39 is 15.8 Å². The molecule has 49 heavy (non-hydrogen) atoms. The Morgan fingerprint density at radius 2 is 1.67 bits per heavy atom. The van der Waals surface area contributed by atoms with E-state index in [1.807, 2.05) is 0 Å². The van der Waals surface area contributed by atoms with E-state index in [0.717, 1.165) is 32.4 Å². The lowest BCUT2D eigenvalue weighted by atomic mass is 9.33. The normalized spacial score (nSPS) is 45.9. The highest BCUT2D eigenvalue weighted by atomic mass is 32.2. The quantitative estimate of drug-likeness (QED) is 0.262. The molecular weight excluding hydrogens is 629 g/mol. The molecule has 7 heteroatoms. The van der Waals surface area contributed by atoms with Crippen molar-refractivity contribution in [1.29, 1.82) is 0 Å². The SMILES string of the molecule is C=C(C)[C@@H]1CC[C@]2(NCCN3CCS(=O)(=O)CC3)CC[C@]3(C)[C@H](CC[C@@H]4[C@@]5(C)CC=C(C6=CC[C@H](C(=O)O)CC6)C(C)(C)[C@@H]5CC[C@]43C)[C@@H]12. The molecule has 1 aliphatic heterocycles. The first-order valence-electron chi connectivity index (χ1n) is 19.9. The van der Waals surface area contributed by atoms with Crippen molar-refractivity contribution in [1.82, 2.24) is 10.2 Å². The molecule has 1 saturated heterocycles. The molecule has 0 radical (unpaired) electrons. The molecule has 0 aromatic rings. The Morgan fingerprint density at radius 3 is 2.33 bits per heavy atom. The van der Waals surface area contributed by atoms with Crippen LogP contribution in [0.2, 0.25) is 0 Å². The van der Waals surface area contributed by atoms with Gasteiger partial charge in [0, 0.05) is 31.7 Å². The number of carboxylic acid groups (broad SMARTS) is 1. The van der Waals surface area contributed by atoms with Crippen molar-refractivity contribution in [2.45, 2.75) is 124 Å². The molecule has 0 bridgehead atoms. The van der Waals surface area contributed by atoms with Crippen LogP contribution in [0.1, 0.15) is 119 Å². The zero-order chi connectivity index (χ0) is 35.2. The Morgan fingerprint density at radius 1 is 0.939 bits per heavy atom. The number of sulfone groups is 1. The molecule has 4 saturated carbocycles. The molecule has 0 aromatic carbocycles. The predicted octanol–water partition coefficient (Wildman–Crippen LogP) is 8.06. The summed E-state index contributed by atoms with van der Waals surface area (Å²) < 4.78 is 24.0. The number of rotatable bonds is 7. The summed E-state index contributed by atoms with van der Waals surface area (Å²) in [7, 11) is -2.86. The van der Waals surface area contributed by atoms with Gasteiger partial charge in [-0.2, -0.15) is 0 Å². The Hall–Kier alpha value is -1.44. The van der Waals surface area contributed by atoms with Crippen molar-refractivity contribution in [2.75, 3.05) is 37.7 Å². The number of aliphatic carboxylic acids is 1. The Balaban J connectivity index is 1.13. The summed E-state index contributed by atoms with van der Waals surface area (Å²) in [6.45, 7) is 23.2. The molecule has 10 atom stereocenters. The van der Waals surface area contributed by atoms with Gasteiger partial charge >= 0.3 is 5.97 Å². The predicted molar refractivity (Wildman–Crippen MR) is 199 cm³/mol. The van der Waals surface area contributed by atoms with Crippen molar-refractivity contribution < 1.29 is 18.3 Å². The second-order valence-corrected chi connectivity index (χ2v) is 21.6. The lowest BCUT2D eigenvalue weighted by Crippen LogP contribution is -2.68. The van der Waals surface area contributed by atoms with Gasteiger partial charge in [-0.1, -0.05) is 58.9 Å². The molecule has 2 N–H and O–H groups in total. The van der Waals surface area contributed by atoms with Crippen LogP contribution in [0, 0.1) is 57.2 Å². The van der Waals surface area contributed by atoms with E-state index in [4.69, 9.17) is 0 Å². The third kappa shape index (κ3) is 5.59. The van der Waals surface area contributed by atoms with E-state index in [0.29, 0.717) is 71.4 Å². The van der Waals surface area contributed by atoms with Gasteiger partial charge in [0.15, 0.2) is 9.84 Å². The maximum absolute atomic E-state index is 12.0. The zero-order valence-corrected chi connectivity index (χ0v) is 32.4. The molecule has 0 spiro atoms. The van der Waals surface area contributed by atoms with E-state index in [2.05, 4.69) is 70.5 Å². The number of hydrogen-bond donors (Lipinski definition) is 2. The summed E-state index contributed by atoms with van der Waals surface area (Å²) in [5.74, 6) is 2.97. The van der Waals surface area contributed by atoms with Crippen molar-refractivity contribution in [3.8, 4) is 0 Å². The molecule has 274 valence electrons. The van der Waals surface area contributed by atoms with Gasteiger partial charge in [0.2, 0.25) is 0 Å². The average Bonchev–Trinajstić information content (AvgIpc) is 3.42. The first kappa shape index (κ1) is 35.9. The average molecular weight is 695 g/mol. The standard InChI is InChI=1S/C42H66N2O4S/c1-28(2)31-14-19-42(43-22-23-44-24-26-49(47,48)27-25-44)21-20-40(6)33(36(31)42)12-13-35-39(5)17-15-32(29-8-10-30(11-9-29)37(45)46)38(3,4)34(39)16-18-41(35,40)7/h8,15,30-31,33-36,43H,1,9-14,16-27H2,2-7H3,(H,45,46)/t30-,31-,33+,34-,35+,36+,39-,40+,41+,42-/m0/s1. The highest BCUT2D eigenvalue weighted by Gasteiger charge is 2.70. The van der Waals surface area contributed by atoms with Crippen molar-refractivity contribution in [2.24, 2.45) is 57.2 Å². The van der Waals surface area contributed by atoms with Crippen LogP contribution in [0.5, 0.6) is 0 Å². The van der Waals surface area contributed by atoms with Crippen molar-refractivity contribution in [3.05, 3.63) is 35.5 Å². The van der Waals surface area contributed by atoms with Gasteiger partial charge < -0.3 is 15.3 Å². The summed E-state index contributed by atoms with van der Waals surface area (Å²) in [5.41, 5.74) is 5.46.